The first-order valence-corrected chi connectivity index (χ1v) is 6.63. The van der Waals surface area contributed by atoms with Gasteiger partial charge in [0.2, 0.25) is 0 Å². The average Bonchev–Trinajstić information content (AvgIpc) is 2.53. The highest BCUT2D eigenvalue weighted by atomic mass is 19.2. The second-order valence-electron chi connectivity index (χ2n) is 4.87. The average molecular weight is 318 g/mol. The van der Waals surface area contributed by atoms with Gasteiger partial charge in [0.1, 0.15) is 0 Å². The first kappa shape index (κ1) is 15.0. The molecule has 0 atom stereocenters. The minimum Gasteiger partial charge on any atom is -0.397 e. The highest BCUT2D eigenvalue weighted by Crippen LogP contribution is 2.35. The minimum atomic E-state index is -1.12. The van der Waals surface area contributed by atoms with E-state index in [1.807, 2.05) is 0 Å². The van der Waals surface area contributed by atoms with Crippen LogP contribution in [-0.4, -0.2) is 4.98 Å². The van der Waals surface area contributed by atoms with E-state index < -0.39 is 23.3 Å². The lowest BCUT2D eigenvalue weighted by Crippen LogP contribution is -1.99. The van der Waals surface area contributed by atoms with Crippen molar-refractivity contribution in [2.75, 3.05) is 5.73 Å². The maximum atomic E-state index is 14.1. The Morgan fingerprint density at radius 3 is 1.96 bits per heavy atom. The molecule has 3 aromatic rings. The van der Waals surface area contributed by atoms with Gasteiger partial charge in [-0.3, -0.25) is 4.98 Å². The van der Waals surface area contributed by atoms with Crippen LogP contribution in [-0.2, 0) is 0 Å². The fraction of sp³-hybridized carbons (Fsp3) is 0. The van der Waals surface area contributed by atoms with Crippen LogP contribution < -0.4 is 5.73 Å². The van der Waals surface area contributed by atoms with E-state index in [9.17, 15) is 17.6 Å². The number of nitrogens with zero attached hydrogens (tertiary/aromatic N) is 1. The van der Waals surface area contributed by atoms with Crippen molar-refractivity contribution < 1.29 is 17.6 Å². The van der Waals surface area contributed by atoms with Gasteiger partial charge in [-0.05, 0) is 24.3 Å². The van der Waals surface area contributed by atoms with Crippen molar-refractivity contribution in [3.05, 3.63) is 71.9 Å². The summed E-state index contributed by atoms with van der Waals surface area (Å²) in [6.07, 6.45) is 1.24. The third-order valence-corrected chi connectivity index (χ3v) is 3.36. The van der Waals surface area contributed by atoms with Gasteiger partial charge in [0.05, 0.1) is 17.6 Å². The third-order valence-electron chi connectivity index (χ3n) is 3.36. The summed E-state index contributed by atoms with van der Waals surface area (Å²) in [5.74, 6) is -4.36. The molecule has 0 amide bonds. The lowest BCUT2D eigenvalue weighted by atomic mass is 9.98. The molecule has 0 radical (unpaired) electrons. The van der Waals surface area contributed by atoms with Gasteiger partial charge in [0, 0.05) is 16.7 Å². The van der Waals surface area contributed by atoms with Gasteiger partial charge in [-0.1, -0.05) is 18.2 Å². The summed E-state index contributed by atoms with van der Waals surface area (Å²) >= 11 is 0. The van der Waals surface area contributed by atoms with Crippen LogP contribution in [0.15, 0.2) is 48.7 Å². The summed E-state index contributed by atoms with van der Waals surface area (Å²) in [5, 5.41) is 0. The van der Waals surface area contributed by atoms with Crippen LogP contribution in [0.25, 0.3) is 22.4 Å². The van der Waals surface area contributed by atoms with E-state index in [2.05, 4.69) is 4.98 Å². The van der Waals surface area contributed by atoms with Gasteiger partial charge in [-0.2, -0.15) is 0 Å². The highest BCUT2D eigenvalue weighted by Gasteiger charge is 2.19. The summed E-state index contributed by atoms with van der Waals surface area (Å²) in [5.41, 5.74) is 5.59. The Hall–Kier alpha value is -2.89. The van der Waals surface area contributed by atoms with Crippen molar-refractivity contribution in [3.63, 3.8) is 0 Å². The second kappa shape index (κ2) is 5.72. The zero-order valence-corrected chi connectivity index (χ0v) is 11.7. The number of rotatable bonds is 2. The predicted molar refractivity (Wildman–Crippen MR) is 79.4 cm³/mol. The van der Waals surface area contributed by atoms with Crippen LogP contribution in [0.4, 0.5) is 23.2 Å². The van der Waals surface area contributed by atoms with Crippen LogP contribution in [0.5, 0.6) is 0 Å². The largest absolute Gasteiger partial charge is 0.397 e. The van der Waals surface area contributed by atoms with E-state index in [0.29, 0.717) is 0 Å². The standard InChI is InChI=1S/C17H10F4N2/c18-13-5-1-3-10(15(13)20)12-7-9(22)8-23-17(12)11-4-2-6-14(19)16(11)21/h1-8H,22H2. The molecule has 2 aromatic carbocycles. The Labute approximate surface area is 129 Å². The smallest absolute Gasteiger partial charge is 0.168 e. The molecule has 116 valence electrons. The summed E-state index contributed by atoms with van der Waals surface area (Å²) in [6.45, 7) is 0. The molecule has 23 heavy (non-hydrogen) atoms. The van der Waals surface area contributed by atoms with Gasteiger partial charge < -0.3 is 5.73 Å². The number of nitrogens with two attached hydrogens (primary N) is 1. The Balaban J connectivity index is 2.32. The molecular formula is C17H10F4N2. The summed E-state index contributed by atoms with van der Waals surface area (Å²) in [7, 11) is 0. The second-order valence-corrected chi connectivity index (χ2v) is 4.87. The lowest BCUT2D eigenvalue weighted by molar-refractivity contribution is 0.510. The first-order valence-electron chi connectivity index (χ1n) is 6.63. The zero-order valence-electron chi connectivity index (χ0n) is 11.7. The number of nitrogen functional groups attached to an aromatic ring is 1. The molecule has 0 saturated carbocycles. The monoisotopic (exact) mass is 318 g/mol. The van der Waals surface area contributed by atoms with Crippen molar-refractivity contribution in [1.82, 2.24) is 4.98 Å². The fourth-order valence-corrected chi connectivity index (χ4v) is 2.30. The molecule has 1 aromatic heterocycles. The lowest BCUT2D eigenvalue weighted by Gasteiger charge is -2.12. The van der Waals surface area contributed by atoms with E-state index in [4.69, 9.17) is 5.73 Å². The van der Waals surface area contributed by atoms with Crippen LogP contribution >= 0.6 is 0 Å². The van der Waals surface area contributed by atoms with Crippen molar-refractivity contribution in [3.8, 4) is 22.4 Å². The van der Waals surface area contributed by atoms with Crippen LogP contribution in [0.1, 0.15) is 0 Å². The Morgan fingerprint density at radius 2 is 1.30 bits per heavy atom. The van der Waals surface area contributed by atoms with Crippen molar-refractivity contribution >= 4 is 5.69 Å². The third kappa shape index (κ3) is 2.63. The van der Waals surface area contributed by atoms with Crippen molar-refractivity contribution in [1.29, 1.82) is 0 Å². The Morgan fingerprint density at radius 1 is 0.739 bits per heavy atom. The Kier molecular flexibility index (Phi) is 3.73. The van der Waals surface area contributed by atoms with Gasteiger partial charge in [0.25, 0.3) is 0 Å². The number of pyridine rings is 1. The summed E-state index contributed by atoms with van der Waals surface area (Å²) in [6, 6.07) is 8.48. The van der Waals surface area contributed by atoms with E-state index in [1.165, 1.54) is 36.5 Å². The maximum Gasteiger partial charge on any atom is 0.168 e. The molecule has 3 rings (SSSR count). The van der Waals surface area contributed by atoms with E-state index in [-0.39, 0.29) is 28.1 Å². The molecule has 0 fully saturated rings. The molecule has 0 spiro atoms. The molecule has 0 unspecified atom stereocenters. The zero-order chi connectivity index (χ0) is 16.6. The molecule has 6 heteroatoms. The van der Waals surface area contributed by atoms with Gasteiger partial charge in [-0.25, -0.2) is 17.6 Å². The molecular weight excluding hydrogens is 308 g/mol. The van der Waals surface area contributed by atoms with E-state index >= 15 is 0 Å². The summed E-state index contributed by atoms with van der Waals surface area (Å²) in [4.78, 5) is 3.98. The molecule has 1 heterocycles. The van der Waals surface area contributed by atoms with E-state index in [1.54, 1.807) is 0 Å². The van der Waals surface area contributed by atoms with Crippen LogP contribution in [0.2, 0.25) is 0 Å². The molecule has 0 aliphatic heterocycles. The number of hydrogen-bond acceptors (Lipinski definition) is 2. The number of hydrogen-bond donors (Lipinski definition) is 1. The van der Waals surface area contributed by atoms with Crippen molar-refractivity contribution in [2.24, 2.45) is 0 Å². The van der Waals surface area contributed by atoms with Gasteiger partial charge in [-0.15, -0.1) is 0 Å². The molecule has 0 aliphatic rings. The Bertz CT molecular complexity index is 894. The molecule has 2 N–H and O–H groups in total. The topological polar surface area (TPSA) is 38.9 Å². The highest BCUT2D eigenvalue weighted by molar-refractivity contribution is 5.83. The number of anilines is 1. The minimum absolute atomic E-state index is 0.0271. The number of aromatic nitrogens is 1. The van der Waals surface area contributed by atoms with Crippen LogP contribution in [0.3, 0.4) is 0 Å². The quantitative estimate of drug-likeness (QED) is 0.704. The molecule has 0 aliphatic carbocycles. The fourth-order valence-electron chi connectivity index (χ4n) is 2.30. The van der Waals surface area contributed by atoms with E-state index in [0.717, 1.165) is 12.1 Å². The van der Waals surface area contributed by atoms with Crippen molar-refractivity contribution in [2.45, 2.75) is 0 Å². The first-order chi connectivity index (χ1) is 11.0. The SMILES string of the molecule is Nc1cnc(-c2cccc(F)c2F)c(-c2cccc(F)c2F)c1. The predicted octanol–water partition coefficient (Wildman–Crippen LogP) is 4.55. The summed E-state index contributed by atoms with van der Waals surface area (Å²) < 4.78 is 55.1. The van der Waals surface area contributed by atoms with Gasteiger partial charge in [0.15, 0.2) is 23.3 Å². The molecule has 2 nitrogen and oxygen atoms in total. The normalized spacial score (nSPS) is 10.8. The molecule has 0 saturated heterocycles. The van der Waals surface area contributed by atoms with Gasteiger partial charge >= 0.3 is 0 Å². The maximum absolute atomic E-state index is 14.1. The number of benzene rings is 2. The van der Waals surface area contributed by atoms with Crippen LogP contribution in [0, 0.1) is 23.3 Å². The molecule has 0 bridgehead atoms. The number of halogens is 4.